The van der Waals surface area contributed by atoms with E-state index < -0.39 is 0 Å². The highest BCUT2D eigenvalue weighted by molar-refractivity contribution is 5.42. The summed E-state index contributed by atoms with van der Waals surface area (Å²) in [5, 5.41) is 0. The predicted molar refractivity (Wildman–Crippen MR) is 75.1 cm³/mol. The summed E-state index contributed by atoms with van der Waals surface area (Å²) in [6, 6.07) is 12.3. The van der Waals surface area contributed by atoms with Gasteiger partial charge in [-0.2, -0.15) is 0 Å². The summed E-state index contributed by atoms with van der Waals surface area (Å²) in [5.74, 6) is 0.543. The Balaban J connectivity index is 2.03. The average molecular weight is 241 g/mol. The molecule has 0 spiro atoms. The minimum atomic E-state index is -0.0578. The van der Waals surface area contributed by atoms with E-state index in [0.29, 0.717) is 5.82 Å². The molecule has 0 bridgehead atoms. The van der Waals surface area contributed by atoms with Gasteiger partial charge in [0.1, 0.15) is 5.82 Å². The van der Waals surface area contributed by atoms with Crippen LogP contribution in [0.25, 0.3) is 0 Å². The van der Waals surface area contributed by atoms with Crippen LogP contribution in [0.3, 0.4) is 0 Å². The molecule has 18 heavy (non-hydrogen) atoms. The Morgan fingerprint density at radius 1 is 1.22 bits per heavy atom. The summed E-state index contributed by atoms with van der Waals surface area (Å²) in [6.07, 6.45) is 3.59. The van der Waals surface area contributed by atoms with E-state index in [0.717, 1.165) is 24.0 Å². The molecule has 0 aliphatic carbocycles. The number of aryl methyl sites for hydroxylation is 2. The minimum Gasteiger partial charge on any atom is -0.383 e. The van der Waals surface area contributed by atoms with Crippen LogP contribution in [0, 0.1) is 6.92 Å². The van der Waals surface area contributed by atoms with Crippen molar-refractivity contribution >= 4 is 5.82 Å². The van der Waals surface area contributed by atoms with Crippen LogP contribution in [0.1, 0.15) is 29.2 Å². The minimum absolute atomic E-state index is 0.0578. The Bertz CT molecular complexity index is 508. The van der Waals surface area contributed by atoms with Crippen molar-refractivity contribution in [3.05, 3.63) is 59.3 Å². The zero-order valence-electron chi connectivity index (χ0n) is 10.6. The number of aromatic nitrogens is 1. The van der Waals surface area contributed by atoms with Gasteiger partial charge in [-0.25, -0.2) is 4.98 Å². The molecule has 0 saturated carbocycles. The summed E-state index contributed by atoms with van der Waals surface area (Å²) in [7, 11) is 0. The second-order valence-corrected chi connectivity index (χ2v) is 4.62. The lowest BCUT2D eigenvalue weighted by Gasteiger charge is -2.14. The maximum Gasteiger partial charge on any atom is 0.128 e. The smallest absolute Gasteiger partial charge is 0.128 e. The molecule has 2 aromatic rings. The first-order valence-electron chi connectivity index (χ1n) is 6.18. The van der Waals surface area contributed by atoms with Crippen LogP contribution in [-0.2, 0) is 6.42 Å². The highest BCUT2D eigenvalue weighted by Crippen LogP contribution is 2.21. The SMILES string of the molecule is Cc1cnc(N)c(C(N)CCc2ccccc2)c1. The highest BCUT2D eigenvalue weighted by atomic mass is 14.8. The van der Waals surface area contributed by atoms with E-state index in [1.807, 2.05) is 31.2 Å². The fraction of sp³-hybridized carbons (Fsp3) is 0.267. The first kappa shape index (κ1) is 12.6. The van der Waals surface area contributed by atoms with Gasteiger partial charge in [-0.15, -0.1) is 0 Å². The highest BCUT2D eigenvalue weighted by Gasteiger charge is 2.10. The van der Waals surface area contributed by atoms with E-state index in [1.54, 1.807) is 6.20 Å². The summed E-state index contributed by atoms with van der Waals surface area (Å²) < 4.78 is 0. The molecule has 0 aliphatic heterocycles. The van der Waals surface area contributed by atoms with E-state index in [9.17, 15) is 0 Å². The van der Waals surface area contributed by atoms with Gasteiger partial charge in [0.25, 0.3) is 0 Å². The molecule has 2 rings (SSSR count). The third kappa shape index (κ3) is 3.08. The van der Waals surface area contributed by atoms with Gasteiger partial charge in [-0.3, -0.25) is 0 Å². The van der Waals surface area contributed by atoms with Crippen molar-refractivity contribution in [2.75, 3.05) is 5.73 Å². The maximum atomic E-state index is 6.19. The zero-order chi connectivity index (χ0) is 13.0. The molecule has 1 aromatic carbocycles. The molecule has 0 saturated heterocycles. The molecule has 1 unspecified atom stereocenters. The Labute approximate surface area is 108 Å². The molecule has 4 N–H and O–H groups in total. The molecule has 0 fully saturated rings. The van der Waals surface area contributed by atoms with Crippen molar-refractivity contribution in [1.29, 1.82) is 0 Å². The monoisotopic (exact) mass is 241 g/mol. The van der Waals surface area contributed by atoms with Crippen molar-refractivity contribution in [3.63, 3.8) is 0 Å². The Morgan fingerprint density at radius 2 is 1.94 bits per heavy atom. The summed E-state index contributed by atoms with van der Waals surface area (Å²) in [5.41, 5.74) is 15.4. The lowest BCUT2D eigenvalue weighted by atomic mass is 9.99. The number of anilines is 1. The predicted octanol–water partition coefficient (Wildman–Crippen LogP) is 2.60. The van der Waals surface area contributed by atoms with Crippen LogP contribution in [0.15, 0.2) is 42.6 Å². The number of nitrogen functional groups attached to an aromatic ring is 1. The third-order valence-corrected chi connectivity index (χ3v) is 3.07. The quantitative estimate of drug-likeness (QED) is 0.864. The number of nitrogens with zero attached hydrogens (tertiary/aromatic N) is 1. The van der Waals surface area contributed by atoms with Gasteiger partial charge in [0.15, 0.2) is 0 Å². The molecular weight excluding hydrogens is 222 g/mol. The van der Waals surface area contributed by atoms with Gasteiger partial charge in [0.2, 0.25) is 0 Å². The number of hydrogen-bond acceptors (Lipinski definition) is 3. The normalized spacial score (nSPS) is 12.3. The van der Waals surface area contributed by atoms with Crippen LogP contribution in [-0.4, -0.2) is 4.98 Å². The molecule has 0 aliphatic rings. The van der Waals surface area contributed by atoms with Crippen LogP contribution in [0.4, 0.5) is 5.82 Å². The van der Waals surface area contributed by atoms with E-state index in [2.05, 4.69) is 17.1 Å². The van der Waals surface area contributed by atoms with E-state index in [4.69, 9.17) is 11.5 Å². The van der Waals surface area contributed by atoms with Crippen LogP contribution >= 0.6 is 0 Å². The molecule has 3 nitrogen and oxygen atoms in total. The molecule has 1 atom stereocenters. The number of hydrogen-bond donors (Lipinski definition) is 2. The molecule has 3 heteroatoms. The van der Waals surface area contributed by atoms with Gasteiger partial charge in [0, 0.05) is 17.8 Å². The molecule has 1 aromatic heterocycles. The molecular formula is C15H19N3. The Morgan fingerprint density at radius 3 is 2.67 bits per heavy atom. The van der Waals surface area contributed by atoms with Gasteiger partial charge < -0.3 is 11.5 Å². The summed E-state index contributed by atoms with van der Waals surface area (Å²) in [6.45, 7) is 2.00. The van der Waals surface area contributed by atoms with Crippen LogP contribution in [0.5, 0.6) is 0 Å². The first-order valence-corrected chi connectivity index (χ1v) is 6.18. The van der Waals surface area contributed by atoms with Crippen molar-refractivity contribution in [2.24, 2.45) is 5.73 Å². The standard InChI is InChI=1S/C15H19N3/c1-11-9-13(15(17)18-10-11)14(16)8-7-12-5-3-2-4-6-12/h2-6,9-10,14H,7-8,16H2,1H3,(H2,17,18). The Hall–Kier alpha value is -1.87. The largest absolute Gasteiger partial charge is 0.383 e. The van der Waals surface area contributed by atoms with Crippen molar-refractivity contribution in [1.82, 2.24) is 4.98 Å². The molecule has 1 heterocycles. The van der Waals surface area contributed by atoms with Gasteiger partial charge in [0.05, 0.1) is 0 Å². The number of pyridine rings is 1. The van der Waals surface area contributed by atoms with Gasteiger partial charge >= 0.3 is 0 Å². The van der Waals surface area contributed by atoms with Crippen LogP contribution in [0.2, 0.25) is 0 Å². The lowest BCUT2D eigenvalue weighted by Crippen LogP contribution is -2.14. The average Bonchev–Trinajstić information content (AvgIpc) is 2.40. The molecule has 0 amide bonds. The fourth-order valence-corrected chi connectivity index (χ4v) is 2.02. The summed E-state index contributed by atoms with van der Waals surface area (Å²) in [4.78, 5) is 4.15. The van der Waals surface area contributed by atoms with Gasteiger partial charge in [-0.05, 0) is 37.0 Å². The summed E-state index contributed by atoms with van der Waals surface area (Å²) >= 11 is 0. The van der Waals surface area contributed by atoms with Gasteiger partial charge in [-0.1, -0.05) is 30.3 Å². The van der Waals surface area contributed by atoms with Crippen LogP contribution < -0.4 is 11.5 Å². The zero-order valence-corrected chi connectivity index (χ0v) is 10.6. The molecule has 0 radical (unpaired) electrons. The second kappa shape index (κ2) is 5.65. The van der Waals surface area contributed by atoms with Crippen molar-refractivity contribution < 1.29 is 0 Å². The number of benzene rings is 1. The Kier molecular flexibility index (Phi) is 3.95. The molecule has 94 valence electrons. The number of rotatable bonds is 4. The third-order valence-electron chi connectivity index (χ3n) is 3.07. The van der Waals surface area contributed by atoms with Crippen molar-refractivity contribution in [2.45, 2.75) is 25.8 Å². The van der Waals surface area contributed by atoms with E-state index in [-0.39, 0.29) is 6.04 Å². The van der Waals surface area contributed by atoms with E-state index in [1.165, 1.54) is 5.56 Å². The first-order chi connectivity index (χ1) is 8.66. The number of nitrogens with two attached hydrogens (primary N) is 2. The van der Waals surface area contributed by atoms with Crippen molar-refractivity contribution in [3.8, 4) is 0 Å². The lowest BCUT2D eigenvalue weighted by molar-refractivity contribution is 0.650. The fourth-order valence-electron chi connectivity index (χ4n) is 2.02. The van der Waals surface area contributed by atoms with E-state index >= 15 is 0 Å². The second-order valence-electron chi connectivity index (χ2n) is 4.62. The maximum absolute atomic E-state index is 6.19. The topological polar surface area (TPSA) is 64.9 Å².